The molecular formula is C27H27ClF3N3O4S. The standard InChI is InChI=1S/C27H27ClF3N3O4S/c1-19-6-9-23(10-7-19)39(36,37)34(22-8-11-25(38-2)24(28)17-22)18-26(35)33-14-12-32(13-15-33)21-5-3-4-20(16-21)27(29,30)31/h3-11,16-17H,12-15,18H2,1-2H3. The van der Waals surface area contributed by atoms with Crippen LogP contribution in [0.4, 0.5) is 24.5 Å². The first-order chi connectivity index (χ1) is 18.4. The molecular weight excluding hydrogens is 555 g/mol. The molecule has 39 heavy (non-hydrogen) atoms. The number of benzene rings is 3. The van der Waals surface area contributed by atoms with Crippen LogP contribution in [0.15, 0.2) is 71.6 Å². The van der Waals surface area contributed by atoms with E-state index in [1.165, 1.54) is 48.4 Å². The van der Waals surface area contributed by atoms with Gasteiger partial charge < -0.3 is 14.5 Å². The van der Waals surface area contributed by atoms with E-state index >= 15 is 0 Å². The lowest BCUT2D eigenvalue weighted by Gasteiger charge is -2.37. The van der Waals surface area contributed by atoms with Crippen LogP contribution in [0.3, 0.4) is 0 Å². The average Bonchev–Trinajstić information content (AvgIpc) is 2.91. The molecule has 1 amide bonds. The molecule has 0 N–H and O–H groups in total. The molecule has 1 heterocycles. The Morgan fingerprint density at radius 3 is 2.26 bits per heavy atom. The normalized spacial score (nSPS) is 14.3. The van der Waals surface area contributed by atoms with E-state index in [1.54, 1.807) is 23.1 Å². The molecule has 1 aliphatic heterocycles. The number of piperazine rings is 1. The van der Waals surface area contributed by atoms with Crippen LogP contribution in [-0.2, 0) is 21.0 Å². The maximum absolute atomic E-state index is 13.7. The number of ether oxygens (including phenoxy) is 1. The molecule has 1 aliphatic rings. The SMILES string of the molecule is COc1ccc(N(CC(=O)N2CCN(c3cccc(C(F)(F)F)c3)CC2)S(=O)(=O)c2ccc(C)cc2)cc1Cl. The van der Waals surface area contributed by atoms with E-state index in [1.807, 2.05) is 6.92 Å². The van der Waals surface area contributed by atoms with E-state index in [2.05, 4.69) is 0 Å². The van der Waals surface area contributed by atoms with Gasteiger partial charge in [-0.25, -0.2) is 8.42 Å². The summed E-state index contributed by atoms with van der Waals surface area (Å²) in [6.07, 6.45) is -4.45. The lowest BCUT2D eigenvalue weighted by Crippen LogP contribution is -2.52. The molecule has 3 aromatic carbocycles. The van der Waals surface area contributed by atoms with Gasteiger partial charge in [0.1, 0.15) is 12.3 Å². The van der Waals surface area contributed by atoms with Crippen LogP contribution in [0.25, 0.3) is 0 Å². The Morgan fingerprint density at radius 1 is 1.00 bits per heavy atom. The highest BCUT2D eigenvalue weighted by Crippen LogP contribution is 2.33. The Kier molecular flexibility index (Phi) is 8.31. The largest absolute Gasteiger partial charge is 0.495 e. The van der Waals surface area contributed by atoms with E-state index in [-0.39, 0.29) is 28.7 Å². The summed E-state index contributed by atoms with van der Waals surface area (Å²) in [5, 5.41) is 0.182. The molecule has 0 atom stereocenters. The van der Waals surface area contributed by atoms with Crippen molar-refractivity contribution >= 4 is 38.9 Å². The molecule has 1 saturated heterocycles. The fourth-order valence-electron chi connectivity index (χ4n) is 4.28. The zero-order chi connectivity index (χ0) is 28.4. The number of methoxy groups -OCH3 is 1. The third-order valence-electron chi connectivity index (χ3n) is 6.48. The minimum Gasteiger partial charge on any atom is -0.495 e. The lowest BCUT2D eigenvalue weighted by molar-refractivity contribution is -0.137. The topological polar surface area (TPSA) is 70.2 Å². The Hall–Kier alpha value is -3.44. The fraction of sp³-hybridized carbons (Fsp3) is 0.296. The highest BCUT2D eigenvalue weighted by atomic mass is 35.5. The molecule has 0 radical (unpaired) electrons. The van der Waals surface area contributed by atoms with Crippen molar-refractivity contribution in [1.29, 1.82) is 0 Å². The highest BCUT2D eigenvalue weighted by Gasteiger charge is 2.33. The number of anilines is 2. The van der Waals surface area contributed by atoms with Crippen molar-refractivity contribution in [2.75, 3.05) is 49.0 Å². The van der Waals surface area contributed by atoms with Crippen LogP contribution in [0, 0.1) is 6.92 Å². The molecule has 7 nitrogen and oxygen atoms in total. The molecule has 0 saturated carbocycles. The Labute approximate surface area is 230 Å². The predicted molar refractivity (Wildman–Crippen MR) is 144 cm³/mol. The number of carbonyl (C=O) groups is 1. The number of alkyl halides is 3. The Morgan fingerprint density at radius 2 is 1.67 bits per heavy atom. The number of sulfonamides is 1. The highest BCUT2D eigenvalue weighted by molar-refractivity contribution is 7.92. The predicted octanol–water partition coefficient (Wildman–Crippen LogP) is 5.22. The van der Waals surface area contributed by atoms with Crippen LogP contribution >= 0.6 is 11.6 Å². The molecule has 1 fully saturated rings. The number of nitrogens with zero attached hydrogens (tertiary/aromatic N) is 3. The number of hydrogen-bond donors (Lipinski definition) is 0. The van der Waals surface area contributed by atoms with Gasteiger partial charge in [-0.1, -0.05) is 35.4 Å². The summed E-state index contributed by atoms with van der Waals surface area (Å²) in [5.41, 5.74) is 0.738. The van der Waals surface area contributed by atoms with E-state index in [0.717, 1.165) is 22.0 Å². The van der Waals surface area contributed by atoms with Gasteiger partial charge in [-0.2, -0.15) is 13.2 Å². The van der Waals surface area contributed by atoms with Gasteiger partial charge in [-0.3, -0.25) is 9.10 Å². The van der Waals surface area contributed by atoms with Gasteiger partial charge in [-0.05, 0) is 55.5 Å². The first-order valence-corrected chi connectivity index (χ1v) is 13.8. The zero-order valence-corrected chi connectivity index (χ0v) is 22.9. The van der Waals surface area contributed by atoms with Crippen LogP contribution in [0.1, 0.15) is 11.1 Å². The molecule has 4 rings (SSSR count). The van der Waals surface area contributed by atoms with Crippen LogP contribution in [-0.4, -0.2) is 59.1 Å². The van der Waals surface area contributed by atoms with E-state index < -0.39 is 34.2 Å². The maximum Gasteiger partial charge on any atom is 0.416 e. The van der Waals surface area contributed by atoms with Crippen LogP contribution < -0.4 is 13.9 Å². The summed E-state index contributed by atoms with van der Waals surface area (Å²) in [4.78, 5) is 16.6. The zero-order valence-electron chi connectivity index (χ0n) is 21.3. The summed E-state index contributed by atoms with van der Waals surface area (Å²) in [5.74, 6) is -0.0912. The van der Waals surface area contributed by atoms with E-state index in [9.17, 15) is 26.4 Å². The van der Waals surface area contributed by atoms with Crippen molar-refractivity contribution in [2.45, 2.75) is 18.0 Å². The van der Waals surface area contributed by atoms with Crippen LogP contribution in [0.5, 0.6) is 5.75 Å². The second-order valence-electron chi connectivity index (χ2n) is 9.06. The smallest absolute Gasteiger partial charge is 0.416 e. The van der Waals surface area contributed by atoms with Gasteiger partial charge in [0, 0.05) is 31.9 Å². The molecule has 3 aromatic rings. The molecule has 0 unspecified atom stereocenters. The maximum atomic E-state index is 13.7. The number of halogens is 4. The van der Waals surface area contributed by atoms with Crippen molar-refractivity contribution in [1.82, 2.24) is 4.90 Å². The van der Waals surface area contributed by atoms with Gasteiger partial charge >= 0.3 is 6.18 Å². The van der Waals surface area contributed by atoms with Crippen molar-refractivity contribution < 1.29 is 31.1 Å². The van der Waals surface area contributed by atoms with Crippen LogP contribution in [0.2, 0.25) is 5.02 Å². The molecule has 0 bridgehead atoms. The molecule has 208 valence electrons. The first kappa shape index (κ1) is 28.6. The Balaban J connectivity index is 1.54. The summed E-state index contributed by atoms with van der Waals surface area (Å²) < 4.78 is 72.9. The van der Waals surface area contributed by atoms with Gasteiger partial charge in [0.05, 0.1) is 28.3 Å². The average molecular weight is 582 g/mol. The fourth-order valence-corrected chi connectivity index (χ4v) is 5.94. The number of aryl methyl sites for hydroxylation is 1. The van der Waals surface area contributed by atoms with Gasteiger partial charge in [0.15, 0.2) is 0 Å². The summed E-state index contributed by atoms with van der Waals surface area (Å²) in [6, 6.07) is 15.8. The number of rotatable bonds is 7. The van der Waals surface area contributed by atoms with Crippen molar-refractivity contribution in [2.24, 2.45) is 0 Å². The monoisotopic (exact) mass is 581 g/mol. The molecule has 12 heteroatoms. The molecule has 0 spiro atoms. The van der Waals surface area contributed by atoms with E-state index in [4.69, 9.17) is 16.3 Å². The van der Waals surface area contributed by atoms with Crippen molar-refractivity contribution in [3.63, 3.8) is 0 Å². The molecule has 0 aliphatic carbocycles. The second kappa shape index (κ2) is 11.4. The summed E-state index contributed by atoms with van der Waals surface area (Å²) in [6.45, 7) is 2.38. The van der Waals surface area contributed by atoms with Crippen molar-refractivity contribution in [3.05, 3.63) is 82.9 Å². The number of hydrogen-bond acceptors (Lipinski definition) is 5. The number of carbonyl (C=O) groups excluding carboxylic acids is 1. The summed E-state index contributed by atoms with van der Waals surface area (Å²) >= 11 is 6.27. The first-order valence-electron chi connectivity index (χ1n) is 12.0. The van der Waals surface area contributed by atoms with E-state index in [0.29, 0.717) is 24.5 Å². The minimum atomic E-state index is -4.45. The Bertz CT molecular complexity index is 1440. The third-order valence-corrected chi connectivity index (χ3v) is 8.57. The van der Waals surface area contributed by atoms with Gasteiger partial charge in [0.25, 0.3) is 10.0 Å². The van der Waals surface area contributed by atoms with Gasteiger partial charge in [-0.15, -0.1) is 0 Å². The summed E-state index contributed by atoms with van der Waals surface area (Å²) in [7, 11) is -2.71. The number of amides is 1. The lowest BCUT2D eigenvalue weighted by atomic mass is 10.1. The van der Waals surface area contributed by atoms with Crippen molar-refractivity contribution in [3.8, 4) is 5.75 Å². The third kappa shape index (κ3) is 6.42. The molecule has 0 aromatic heterocycles. The quantitative estimate of drug-likeness (QED) is 0.383. The minimum absolute atomic E-state index is 0.0159. The van der Waals surface area contributed by atoms with Gasteiger partial charge in [0.2, 0.25) is 5.91 Å². The second-order valence-corrected chi connectivity index (χ2v) is 11.3.